The van der Waals surface area contributed by atoms with Gasteiger partial charge in [0.2, 0.25) is 11.8 Å². The second-order valence-corrected chi connectivity index (χ2v) is 9.42. The second kappa shape index (κ2) is 12.0. The molecule has 3 aromatic rings. The zero-order valence-corrected chi connectivity index (χ0v) is 20.6. The molecule has 3 amide bonds. The maximum atomic E-state index is 13.6. The van der Waals surface area contributed by atoms with Crippen molar-refractivity contribution in [2.24, 2.45) is 0 Å². The number of nitrogens with one attached hydrogen (secondary N) is 2. The van der Waals surface area contributed by atoms with Gasteiger partial charge in [-0.25, -0.2) is 0 Å². The third-order valence-electron chi connectivity index (χ3n) is 5.68. The summed E-state index contributed by atoms with van der Waals surface area (Å²) >= 11 is 7.78. The highest BCUT2D eigenvalue weighted by Gasteiger charge is 2.34. The number of hydrogen-bond donors (Lipinski definition) is 2. The summed E-state index contributed by atoms with van der Waals surface area (Å²) in [6.07, 6.45) is 1.78. The number of benzene rings is 2. The second-order valence-electron chi connectivity index (χ2n) is 8.07. The van der Waals surface area contributed by atoms with Gasteiger partial charge in [-0.1, -0.05) is 60.1 Å². The van der Waals surface area contributed by atoms with Crippen LogP contribution in [-0.4, -0.2) is 43.5 Å². The molecule has 7 nitrogen and oxygen atoms in total. The highest BCUT2D eigenvalue weighted by molar-refractivity contribution is 7.12. The van der Waals surface area contributed by atoms with Gasteiger partial charge < -0.3 is 15.4 Å². The van der Waals surface area contributed by atoms with Gasteiger partial charge >= 0.3 is 0 Å². The van der Waals surface area contributed by atoms with Gasteiger partial charge in [0, 0.05) is 13.2 Å². The van der Waals surface area contributed by atoms with Crippen molar-refractivity contribution in [1.82, 2.24) is 10.6 Å². The number of ether oxygens (including phenoxy) is 1. The monoisotopic (exact) mass is 511 g/mol. The lowest BCUT2D eigenvalue weighted by Crippen LogP contribution is -2.48. The summed E-state index contributed by atoms with van der Waals surface area (Å²) < 4.78 is 5.64. The Labute approximate surface area is 213 Å². The van der Waals surface area contributed by atoms with Crippen LogP contribution in [0.3, 0.4) is 0 Å². The molecule has 182 valence electrons. The highest BCUT2D eigenvalue weighted by atomic mass is 35.5. The van der Waals surface area contributed by atoms with E-state index in [9.17, 15) is 14.4 Å². The molecule has 4 rings (SSSR count). The fourth-order valence-electron chi connectivity index (χ4n) is 3.97. The van der Waals surface area contributed by atoms with Gasteiger partial charge in [0.25, 0.3) is 5.91 Å². The zero-order chi connectivity index (χ0) is 24.6. The standard InChI is InChI=1S/C26H26ClN3O4S/c27-20-11-4-5-12-21(20)30(23(31)17-29-25(32)22-13-7-15-35-22)24(18-8-2-1-3-9-18)26(33)28-16-19-10-6-14-34-19/h1-5,7-9,11-13,15,19,24H,6,10,14,16-17H2,(H,28,33)(H,29,32)/t19-,24+/m0/s1. The topological polar surface area (TPSA) is 87.7 Å². The van der Waals surface area contributed by atoms with Crippen molar-refractivity contribution in [3.63, 3.8) is 0 Å². The van der Waals surface area contributed by atoms with Crippen LogP contribution in [0.5, 0.6) is 0 Å². The first-order valence-electron chi connectivity index (χ1n) is 11.4. The molecule has 0 spiro atoms. The highest BCUT2D eigenvalue weighted by Crippen LogP contribution is 2.33. The number of carbonyl (C=O) groups is 3. The number of rotatable bonds is 9. The Balaban J connectivity index is 1.64. The van der Waals surface area contributed by atoms with Crippen LogP contribution >= 0.6 is 22.9 Å². The molecule has 0 saturated carbocycles. The van der Waals surface area contributed by atoms with Gasteiger partial charge in [0.15, 0.2) is 0 Å². The van der Waals surface area contributed by atoms with Gasteiger partial charge in [0.05, 0.1) is 28.2 Å². The zero-order valence-electron chi connectivity index (χ0n) is 19.0. The largest absolute Gasteiger partial charge is 0.376 e. The molecule has 0 radical (unpaired) electrons. The number of carbonyl (C=O) groups excluding carboxylic acids is 3. The van der Waals surface area contributed by atoms with E-state index in [4.69, 9.17) is 16.3 Å². The van der Waals surface area contributed by atoms with Gasteiger partial charge in [-0.15, -0.1) is 11.3 Å². The summed E-state index contributed by atoms with van der Waals surface area (Å²) in [4.78, 5) is 41.5. The quantitative estimate of drug-likeness (QED) is 0.450. The van der Waals surface area contributed by atoms with Crippen molar-refractivity contribution in [2.45, 2.75) is 25.0 Å². The Hall–Kier alpha value is -3.20. The summed E-state index contributed by atoms with van der Waals surface area (Å²) in [5.41, 5.74) is 1.00. The molecule has 0 aliphatic carbocycles. The van der Waals surface area contributed by atoms with Crippen molar-refractivity contribution in [3.05, 3.63) is 87.6 Å². The Morgan fingerprint density at radius 3 is 2.49 bits per heavy atom. The molecule has 1 aromatic heterocycles. The van der Waals surface area contributed by atoms with E-state index in [1.165, 1.54) is 16.2 Å². The van der Waals surface area contributed by atoms with Crippen LogP contribution < -0.4 is 15.5 Å². The molecular weight excluding hydrogens is 486 g/mol. The molecule has 1 saturated heterocycles. The number of hydrogen-bond acceptors (Lipinski definition) is 5. The Kier molecular flexibility index (Phi) is 8.52. The van der Waals surface area contributed by atoms with Crippen LogP contribution in [0, 0.1) is 0 Å². The number of thiophene rings is 1. The van der Waals surface area contributed by atoms with Gasteiger partial charge in [-0.2, -0.15) is 0 Å². The molecule has 2 heterocycles. The number of halogens is 1. The van der Waals surface area contributed by atoms with E-state index in [0.29, 0.717) is 34.3 Å². The van der Waals surface area contributed by atoms with Crippen molar-refractivity contribution in [1.29, 1.82) is 0 Å². The van der Waals surface area contributed by atoms with Crippen LogP contribution in [0.1, 0.15) is 34.1 Å². The predicted molar refractivity (Wildman–Crippen MR) is 137 cm³/mol. The van der Waals surface area contributed by atoms with Crippen LogP contribution in [0.25, 0.3) is 0 Å². The fourth-order valence-corrected chi connectivity index (χ4v) is 4.84. The van der Waals surface area contributed by atoms with Crippen LogP contribution in [0.4, 0.5) is 5.69 Å². The molecule has 2 aromatic carbocycles. The molecular formula is C26H26ClN3O4S. The Morgan fingerprint density at radius 2 is 1.80 bits per heavy atom. The minimum Gasteiger partial charge on any atom is -0.376 e. The molecule has 9 heteroatoms. The Bertz CT molecular complexity index is 1150. The van der Waals surface area contributed by atoms with E-state index in [0.717, 1.165) is 12.8 Å². The number of amides is 3. The van der Waals surface area contributed by atoms with E-state index in [2.05, 4.69) is 10.6 Å². The molecule has 2 N–H and O–H groups in total. The molecule has 0 unspecified atom stereocenters. The first-order chi connectivity index (χ1) is 17.0. The molecule has 2 atom stereocenters. The third kappa shape index (κ3) is 6.28. The lowest BCUT2D eigenvalue weighted by molar-refractivity contribution is -0.126. The lowest BCUT2D eigenvalue weighted by Gasteiger charge is -2.32. The molecule has 1 fully saturated rings. The lowest BCUT2D eigenvalue weighted by atomic mass is 10.0. The number of para-hydroxylation sites is 1. The third-order valence-corrected chi connectivity index (χ3v) is 6.86. The maximum Gasteiger partial charge on any atom is 0.261 e. The summed E-state index contributed by atoms with van der Waals surface area (Å²) in [6, 6.07) is 18.3. The van der Waals surface area contributed by atoms with E-state index >= 15 is 0 Å². The van der Waals surface area contributed by atoms with Crippen molar-refractivity contribution >= 4 is 46.3 Å². The smallest absolute Gasteiger partial charge is 0.261 e. The molecule has 1 aliphatic rings. The van der Waals surface area contributed by atoms with E-state index in [-0.39, 0.29) is 24.5 Å². The van der Waals surface area contributed by atoms with Gasteiger partial charge in [0.1, 0.15) is 6.04 Å². The SMILES string of the molecule is O=C(NCC(=O)N(c1ccccc1Cl)[C@@H](C(=O)NC[C@@H]1CCCO1)c1ccccc1)c1cccs1. The summed E-state index contributed by atoms with van der Waals surface area (Å²) in [5.74, 6) is -1.18. The first kappa shape index (κ1) is 24.9. The van der Waals surface area contributed by atoms with Crippen molar-refractivity contribution in [2.75, 3.05) is 24.6 Å². The van der Waals surface area contributed by atoms with Gasteiger partial charge in [-0.3, -0.25) is 19.3 Å². The average molecular weight is 512 g/mol. The number of anilines is 1. The summed E-state index contributed by atoms with van der Waals surface area (Å²) in [6.45, 7) is 0.725. The maximum absolute atomic E-state index is 13.6. The van der Waals surface area contributed by atoms with E-state index in [1.807, 2.05) is 18.2 Å². The minimum absolute atomic E-state index is 0.0510. The van der Waals surface area contributed by atoms with Crippen molar-refractivity contribution in [3.8, 4) is 0 Å². The van der Waals surface area contributed by atoms with E-state index < -0.39 is 11.9 Å². The van der Waals surface area contributed by atoms with Crippen LogP contribution in [-0.2, 0) is 14.3 Å². The summed E-state index contributed by atoms with van der Waals surface area (Å²) in [7, 11) is 0. The molecule has 1 aliphatic heterocycles. The fraction of sp³-hybridized carbons (Fsp3) is 0.269. The minimum atomic E-state index is -0.997. The predicted octanol–water partition coefficient (Wildman–Crippen LogP) is 4.20. The first-order valence-corrected chi connectivity index (χ1v) is 12.6. The average Bonchev–Trinajstić information content (AvgIpc) is 3.60. The van der Waals surface area contributed by atoms with Crippen LogP contribution in [0.15, 0.2) is 72.1 Å². The summed E-state index contributed by atoms with van der Waals surface area (Å²) in [5, 5.41) is 7.72. The molecule has 0 bridgehead atoms. The van der Waals surface area contributed by atoms with Crippen LogP contribution in [0.2, 0.25) is 5.02 Å². The van der Waals surface area contributed by atoms with E-state index in [1.54, 1.807) is 53.9 Å². The number of nitrogens with zero attached hydrogens (tertiary/aromatic N) is 1. The van der Waals surface area contributed by atoms with Crippen molar-refractivity contribution < 1.29 is 19.1 Å². The Morgan fingerprint density at radius 1 is 1.03 bits per heavy atom. The van der Waals surface area contributed by atoms with Gasteiger partial charge in [-0.05, 0) is 42.0 Å². The molecule has 35 heavy (non-hydrogen) atoms. The normalized spacial score (nSPS) is 15.9.